The van der Waals surface area contributed by atoms with Gasteiger partial charge in [-0.1, -0.05) is 12.5 Å². The average molecular weight is 316 g/mol. The Morgan fingerprint density at radius 1 is 1.26 bits per heavy atom. The van der Waals surface area contributed by atoms with Crippen LogP contribution in [0.2, 0.25) is 0 Å². The van der Waals surface area contributed by atoms with Gasteiger partial charge in [0, 0.05) is 17.6 Å². The third-order valence-electron chi connectivity index (χ3n) is 5.32. The quantitative estimate of drug-likeness (QED) is 0.339. The maximum absolute atomic E-state index is 12.2. The van der Waals surface area contributed by atoms with Crippen LogP contribution in [0.3, 0.4) is 0 Å². The van der Waals surface area contributed by atoms with Crippen LogP contribution in [0.15, 0.2) is 34.6 Å². The molecule has 122 valence electrons. The molecule has 5 nitrogen and oxygen atoms in total. The molecule has 0 aromatic carbocycles. The van der Waals surface area contributed by atoms with Crippen molar-refractivity contribution in [1.82, 2.24) is 0 Å². The molecule has 0 spiro atoms. The summed E-state index contributed by atoms with van der Waals surface area (Å²) in [5.74, 6) is -0.153. The molecule has 2 aliphatic heterocycles. The summed E-state index contributed by atoms with van der Waals surface area (Å²) in [7, 11) is 0. The molecule has 0 unspecified atom stereocenters. The van der Waals surface area contributed by atoms with Gasteiger partial charge in [0.2, 0.25) is 0 Å². The van der Waals surface area contributed by atoms with Crippen molar-refractivity contribution in [2.24, 2.45) is 11.8 Å². The minimum atomic E-state index is -0.746. The minimum absolute atomic E-state index is 0.0511. The standard InChI is InChI=1S/C18H20O5/c1-9-4-3-5-11-7-12-13(18(20)23-16(12)15(9)11)8-21-14-6-10(2)17(19)22-14/h6,8-9,12,14,16H,3-5,7H2,1-2H3/t9-,12+,14+,16-/m0/s1. The Kier molecular flexibility index (Phi) is 3.32. The SMILES string of the molecule is CC1=C[C@H](OC=C2C(=O)O[C@@H]3C4=C(CCC[C@@H]4C)C[C@H]23)OC1=O. The van der Waals surface area contributed by atoms with E-state index in [0.717, 1.165) is 19.3 Å². The van der Waals surface area contributed by atoms with Crippen LogP contribution < -0.4 is 0 Å². The number of cyclic esters (lactones) is 1. The molecule has 0 saturated carbocycles. The van der Waals surface area contributed by atoms with Crippen LogP contribution in [-0.2, 0) is 23.8 Å². The summed E-state index contributed by atoms with van der Waals surface area (Å²) in [6.45, 7) is 3.89. The summed E-state index contributed by atoms with van der Waals surface area (Å²) in [6, 6.07) is 0. The molecule has 2 heterocycles. The molecule has 0 amide bonds. The molecular weight excluding hydrogens is 296 g/mol. The van der Waals surface area contributed by atoms with Crippen molar-refractivity contribution in [2.45, 2.75) is 51.9 Å². The second-order valence-corrected chi connectivity index (χ2v) is 6.82. The van der Waals surface area contributed by atoms with E-state index in [1.807, 2.05) is 0 Å². The number of hydrogen-bond donors (Lipinski definition) is 0. The highest BCUT2D eigenvalue weighted by Crippen LogP contribution is 2.50. The van der Waals surface area contributed by atoms with Gasteiger partial charge in [0.05, 0.1) is 11.8 Å². The highest BCUT2D eigenvalue weighted by molar-refractivity contribution is 5.92. The number of rotatable bonds is 2. The van der Waals surface area contributed by atoms with Gasteiger partial charge in [0.25, 0.3) is 6.29 Å². The lowest BCUT2D eigenvalue weighted by molar-refractivity contribution is -0.152. The second-order valence-electron chi connectivity index (χ2n) is 6.82. The lowest BCUT2D eigenvalue weighted by Crippen LogP contribution is -2.19. The van der Waals surface area contributed by atoms with Gasteiger partial charge in [-0.2, -0.15) is 0 Å². The molecule has 4 aliphatic rings. The summed E-state index contributed by atoms with van der Waals surface area (Å²) < 4.78 is 16.1. The number of esters is 2. The van der Waals surface area contributed by atoms with E-state index in [1.165, 1.54) is 23.8 Å². The van der Waals surface area contributed by atoms with Gasteiger partial charge in [-0.25, -0.2) is 9.59 Å². The first-order valence-electron chi connectivity index (χ1n) is 8.22. The summed E-state index contributed by atoms with van der Waals surface area (Å²) in [4.78, 5) is 23.5. The number of carbonyl (C=O) groups is 2. The fourth-order valence-corrected chi connectivity index (χ4v) is 4.16. The Balaban J connectivity index is 1.52. The van der Waals surface area contributed by atoms with Crippen LogP contribution in [0.1, 0.15) is 39.5 Å². The van der Waals surface area contributed by atoms with Gasteiger partial charge in [0.15, 0.2) is 0 Å². The minimum Gasteiger partial charge on any atom is -0.458 e. The predicted molar refractivity (Wildman–Crippen MR) is 80.8 cm³/mol. The Bertz CT molecular complexity index is 669. The van der Waals surface area contributed by atoms with Crippen LogP contribution in [0.25, 0.3) is 0 Å². The molecule has 1 saturated heterocycles. The van der Waals surface area contributed by atoms with E-state index in [9.17, 15) is 9.59 Å². The lowest BCUT2D eigenvalue weighted by atomic mass is 9.84. The molecule has 0 aromatic rings. The van der Waals surface area contributed by atoms with Gasteiger partial charge in [-0.3, -0.25) is 0 Å². The summed E-state index contributed by atoms with van der Waals surface area (Å²) in [5, 5.41) is 0. The zero-order valence-corrected chi connectivity index (χ0v) is 13.3. The zero-order valence-electron chi connectivity index (χ0n) is 13.3. The van der Waals surface area contributed by atoms with E-state index in [0.29, 0.717) is 17.1 Å². The third-order valence-corrected chi connectivity index (χ3v) is 5.32. The van der Waals surface area contributed by atoms with E-state index in [1.54, 1.807) is 13.0 Å². The Labute approximate surface area is 135 Å². The fourth-order valence-electron chi connectivity index (χ4n) is 4.16. The number of hydrogen-bond acceptors (Lipinski definition) is 5. The van der Waals surface area contributed by atoms with Crippen molar-refractivity contribution >= 4 is 11.9 Å². The lowest BCUT2D eigenvalue weighted by Gasteiger charge is -2.24. The monoisotopic (exact) mass is 316 g/mol. The molecule has 0 radical (unpaired) electrons. The van der Waals surface area contributed by atoms with Gasteiger partial charge in [-0.05, 0) is 44.1 Å². The van der Waals surface area contributed by atoms with Gasteiger partial charge < -0.3 is 14.2 Å². The molecular formula is C18H20O5. The van der Waals surface area contributed by atoms with Gasteiger partial charge >= 0.3 is 11.9 Å². The van der Waals surface area contributed by atoms with Crippen LogP contribution in [-0.4, -0.2) is 24.3 Å². The van der Waals surface area contributed by atoms with Crippen LogP contribution >= 0.6 is 0 Å². The maximum Gasteiger partial charge on any atom is 0.338 e. The Morgan fingerprint density at radius 2 is 2.09 bits per heavy atom. The van der Waals surface area contributed by atoms with Crippen molar-refractivity contribution < 1.29 is 23.8 Å². The summed E-state index contributed by atoms with van der Waals surface area (Å²) >= 11 is 0. The van der Waals surface area contributed by atoms with E-state index in [-0.39, 0.29) is 24.0 Å². The number of allylic oxidation sites excluding steroid dienone is 1. The molecule has 5 heteroatoms. The highest BCUT2D eigenvalue weighted by Gasteiger charge is 2.49. The topological polar surface area (TPSA) is 61.8 Å². The fraction of sp³-hybridized carbons (Fsp3) is 0.556. The first-order chi connectivity index (χ1) is 11.0. The molecule has 0 N–H and O–H groups in total. The van der Waals surface area contributed by atoms with E-state index in [4.69, 9.17) is 14.2 Å². The second kappa shape index (κ2) is 5.25. The van der Waals surface area contributed by atoms with E-state index < -0.39 is 6.29 Å². The smallest absolute Gasteiger partial charge is 0.338 e. The molecule has 4 atom stereocenters. The van der Waals surface area contributed by atoms with Crippen molar-refractivity contribution in [3.05, 3.63) is 34.6 Å². The van der Waals surface area contributed by atoms with Crippen molar-refractivity contribution in [3.8, 4) is 0 Å². The zero-order chi connectivity index (χ0) is 16.1. The van der Waals surface area contributed by atoms with Crippen LogP contribution in [0.5, 0.6) is 0 Å². The largest absolute Gasteiger partial charge is 0.458 e. The Morgan fingerprint density at radius 3 is 2.83 bits per heavy atom. The van der Waals surface area contributed by atoms with Gasteiger partial charge in [-0.15, -0.1) is 0 Å². The van der Waals surface area contributed by atoms with Crippen molar-refractivity contribution in [2.75, 3.05) is 0 Å². The first kappa shape index (κ1) is 14.5. The van der Waals surface area contributed by atoms with Crippen LogP contribution in [0.4, 0.5) is 0 Å². The molecule has 23 heavy (non-hydrogen) atoms. The summed E-state index contributed by atoms with van der Waals surface area (Å²) in [5.41, 5.74) is 3.87. The molecule has 0 bridgehead atoms. The first-order valence-corrected chi connectivity index (χ1v) is 8.22. The number of fused-ring (bicyclic) bond motifs is 2. The predicted octanol–water partition coefficient (Wildman–Crippen LogP) is 2.78. The van der Waals surface area contributed by atoms with E-state index in [2.05, 4.69) is 6.92 Å². The summed E-state index contributed by atoms with van der Waals surface area (Å²) in [6.07, 6.45) is 6.55. The number of carbonyl (C=O) groups excluding carboxylic acids is 2. The molecule has 0 aromatic heterocycles. The van der Waals surface area contributed by atoms with Crippen LogP contribution in [0, 0.1) is 11.8 Å². The van der Waals surface area contributed by atoms with Crippen molar-refractivity contribution in [3.63, 3.8) is 0 Å². The molecule has 4 rings (SSSR count). The Hall–Kier alpha value is -2.04. The molecule has 2 aliphatic carbocycles. The van der Waals surface area contributed by atoms with Crippen molar-refractivity contribution in [1.29, 1.82) is 0 Å². The normalized spacial score (nSPS) is 37.5. The maximum atomic E-state index is 12.2. The average Bonchev–Trinajstić information content (AvgIpc) is 3.10. The van der Waals surface area contributed by atoms with Gasteiger partial charge in [0.1, 0.15) is 6.10 Å². The molecule has 1 fully saturated rings. The highest BCUT2D eigenvalue weighted by atomic mass is 16.7. The van der Waals surface area contributed by atoms with E-state index >= 15 is 0 Å². The third kappa shape index (κ3) is 2.30. The number of ether oxygens (including phenoxy) is 3.